The number of carbonyl (C=O) groups is 3. The van der Waals surface area contributed by atoms with Gasteiger partial charge in [0.05, 0.1) is 12.2 Å². The summed E-state index contributed by atoms with van der Waals surface area (Å²) < 4.78 is 13.3. The van der Waals surface area contributed by atoms with Crippen LogP contribution in [0.5, 0.6) is 0 Å². The fourth-order valence-corrected chi connectivity index (χ4v) is 9.07. The molecular formula is C29H40O6. The van der Waals surface area contributed by atoms with Crippen molar-refractivity contribution in [3.63, 3.8) is 0 Å². The third-order valence-electron chi connectivity index (χ3n) is 11.0. The van der Waals surface area contributed by atoms with E-state index in [-0.39, 0.29) is 41.8 Å². The largest absolute Gasteiger partial charge is 0.481 e. The molecule has 2 saturated heterocycles. The number of hydrogen-bond acceptors (Lipinski definition) is 5. The van der Waals surface area contributed by atoms with Crippen molar-refractivity contribution in [3.05, 3.63) is 23.3 Å². The SMILES string of the molecule is C=C(C)[C@@H]1CC(=O)C2=C(C(=O)C[C@]34CO[C@@]5(CC)CC[C@](C)(O5)[C@H]3CC[C@@]24C)[C@@]1(C)CCC(=O)O. The second-order valence-electron chi connectivity index (χ2n) is 12.7. The van der Waals surface area contributed by atoms with Crippen molar-refractivity contribution in [2.24, 2.45) is 28.1 Å². The van der Waals surface area contributed by atoms with Gasteiger partial charge in [-0.15, -0.1) is 0 Å². The first-order valence-corrected chi connectivity index (χ1v) is 13.3. The van der Waals surface area contributed by atoms with E-state index in [4.69, 9.17) is 9.47 Å². The molecule has 2 heterocycles. The molecule has 0 radical (unpaired) electrons. The van der Waals surface area contributed by atoms with Crippen molar-refractivity contribution in [3.8, 4) is 0 Å². The fourth-order valence-electron chi connectivity index (χ4n) is 9.07. The summed E-state index contributed by atoms with van der Waals surface area (Å²) in [7, 11) is 0. The Morgan fingerprint density at radius 1 is 1.11 bits per heavy atom. The smallest absolute Gasteiger partial charge is 0.303 e. The first-order valence-electron chi connectivity index (χ1n) is 13.3. The van der Waals surface area contributed by atoms with Crippen LogP contribution in [0.4, 0.5) is 0 Å². The Morgan fingerprint density at radius 2 is 1.83 bits per heavy atom. The van der Waals surface area contributed by atoms with Crippen LogP contribution in [-0.2, 0) is 23.9 Å². The molecule has 1 N–H and O–H groups in total. The van der Waals surface area contributed by atoms with E-state index in [1.807, 2.05) is 13.8 Å². The van der Waals surface area contributed by atoms with Gasteiger partial charge in [0.1, 0.15) is 0 Å². The molecule has 2 bridgehead atoms. The minimum atomic E-state index is -0.888. The number of carboxylic acids is 1. The van der Waals surface area contributed by atoms with Gasteiger partial charge in [0.15, 0.2) is 17.4 Å². The molecule has 6 heteroatoms. The molecule has 1 saturated carbocycles. The van der Waals surface area contributed by atoms with Crippen molar-refractivity contribution in [1.82, 2.24) is 0 Å². The molecule has 0 aromatic heterocycles. The Morgan fingerprint density at radius 3 is 2.46 bits per heavy atom. The summed E-state index contributed by atoms with van der Waals surface area (Å²) in [4.78, 5) is 39.7. The molecule has 2 aliphatic heterocycles. The van der Waals surface area contributed by atoms with Gasteiger partial charge in [0.25, 0.3) is 0 Å². The van der Waals surface area contributed by atoms with Crippen LogP contribution in [0.3, 0.4) is 0 Å². The first kappa shape index (κ1) is 24.9. The van der Waals surface area contributed by atoms with Gasteiger partial charge in [0, 0.05) is 53.1 Å². The summed E-state index contributed by atoms with van der Waals surface area (Å²) in [6.45, 7) is 14.9. The second kappa shape index (κ2) is 7.61. The molecule has 1 spiro atoms. The summed E-state index contributed by atoms with van der Waals surface area (Å²) in [5.74, 6) is -1.58. The van der Waals surface area contributed by atoms with Gasteiger partial charge in [-0.2, -0.15) is 0 Å². The van der Waals surface area contributed by atoms with Crippen molar-refractivity contribution in [2.75, 3.05) is 6.61 Å². The molecular weight excluding hydrogens is 444 g/mol. The van der Waals surface area contributed by atoms with Crippen LogP contribution in [-0.4, -0.2) is 40.6 Å². The van der Waals surface area contributed by atoms with Gasteiger partial charge in [-0.05, 0) is 57.8 Å². The van der Waals surface area contributed by atoms with Crippen molar-refractivity contribution >= 4 is 17.5 Å². The van der Waals surface area contributed by atoms with Gasteiger partial charge >= 0.3 is 5.97 Å². The summed E-state index contributed by atoms with van der Waals surface area (Å²) in [5.41, 5.74) is -0.0143. The summed E-state index contributed by atoms with van der Waals surface area (Å²) >= 11 is 0. The second-order valence-corrected chi connectivity index (χ2v) is 12.7. The van der Waals surface area contributed by atoms with E-state index in [2.05, 4.69) is 27.4 Å². The van der Waals surface area contributed by atoms with Gasteiger partial charge in [-0.1, -0.05) is 32.9 Å². The lowest BCUT2D eigenvalue weighted by Gasteiger charge is -2.57. The monoisotopic (exact) mass is 484 g/mol. The topological polar surface area (TPSA) is 89.9 Å². The molecule has 3 fully saturated rings. The third kappa shape index (κ3) is 3.11. The Balaban J connectivity index is 1.69. The normalized spacial score (nSPS) is 46.7. The number of allylic oxidation sites excluding steroid dienone is 3. The number of rotatable bonds is 5. The van der Waals surface area contributed by atoms with E-state index in [0.717, 1.165) is 37.7 Å². The van der Waals surface area contributed by atoms with Crippen LogP contribution in [0, 0.1) is 28.1 Å². The highest BCUT2D eigenvalue weighted by atomic mass is 16.7. The van der Waals surface area contributed by atoms with E-state index < -0.39 is 28.0 Å². The maximum atomic E-state index is 14.2. The highest BCUT2D eigenvalue weighted by molar-refractivity contribution is 6.11. The summed E-state index contributed by atoms with van der Waals surface area (Å²) in [6, 6.07) is 0. The number of hydrogen-bond donors (Lipinski definition) is 1. The molecule has 5 rings (SSSR count). The van der Waals surface area contributed by atoms with Gasteiger partial charge in [-0.25, -0.2) is 0 Å². The van der Waals surface area contributed by atoms with Crippen molar-refractivity contribution in [1.29, 1.82) is 0 Å². The lowest BCUT2D eigenvalue weighted by Crippen LogP contribution is -2.58. The Kier molecular flexibility index (Phi) is 5.41. The standard InChI is InChI=1S/C29H40O6/c1-7-29-13-12-27(6,35-29)21-8-11-26(5)24-19(30)14-18(17(2)3)25(4,10-9-22(32)33)23(24)20(31)15-28(21,26)16-34-29/h18,21H,2,7-16H2,1,3-6H3,(H,32,33)/t18-,21+,25-,26-,27-,28-,29+/m0/s1. The maximum absolute atomic E-state index is 14.2. The average Bonchev–Trinajstić information content (AvgIpc) is 3.25. The minimum absolute atomic E-state index is 0.00733. The molecule has 3 aliphatic carbocycles. The highest BCUT2D eigenvalue weighted by Gasteiger charge is 2.72. The molecule has 5 aliphatic rings. The molecule has 0 unspecified atom stereocenters. The molecule has 0 amide bonds. The Bertz CT molecular complexity index is 1060. The average molecular weight is 485 g/mol. The van der Waals surface area contributed by atoms with Crippen LogP contribution in [0.2, 0.25) is 0 Å². The summed E-state index contributed by atoms with van der Waals surface area (Å²) in [6.07, 6.45) is 5.09. The molecule has 35 heavy (non-hydrogen) atoms. The maximum Gasteiger partial charge on any atom is 0.303 e. The number of ether oxygens (including phenoxy) is 2. The molecule has 192 valence electrons. The predicted molar refractivity (Wildman–Crippen MR) is 131 cm³/mol. The minimum Gasteiger partial charge on any atom is -0.481 e. The van der Waals surface area contributed by atoms with Gasteiger partial charge < -0.3 is 14.6 Å². The number of aliphatic carboxylic acids is 1. The third-order valence-corrected chi connectivity index (χ3v) is 11.0. The van der Waals surface area contributed by atoms with Crippen molar-refractivity contribution in [2.45, 2.75) is 104 Å². The lowest BCUT2D eigenvalue weighted by molar-refractivity contribution is -0.242. The van der Waals surface area contributed by atoms with Crippen LogP contribution in [0.15, 0.2) is 23.3 Å². The van der Waals surface area contributed by atoms with E-state index in [1.54, 1.807) is 0 Å². The van der Waals surface area contributed by atoms with E-state index in [0.29, 0.717) is 30.6 Å². The molecule has 0 aromatic rings. The van der Waals surface area contributed by atoms with E-state index in [9.17, 15) is 19.5 Å². The number of ketones is 2. The first-order chi connectivity index (χ1) is 16.3. The van der Waals surface area contributed by atoms with E-state index in [1.165, 1.54) is 0 Å². The predicted octanol–water partition coefficient (Wildman–Crippen LogP) is 5.40. The number of carbonyl (C=O) groups excluding carboxylic acids is 2. The Hall–Kier alpha value is -1.79. The lowest BCUT2D eigenvalue weighted by atomic mass is 9.45. The highest BCUT2D eigenvalue weighted by Crippen LogP contribution is 2.73. The van der Waals surface area contributed by atoms with Crippen LogP contribution in [0.1, 0.15) is 92.4 Å². The van der Waals surface area contributed by atoms with Crippen LogP contribution >= 0.6 is 0 Å². The van der Waals surface area contributed by atoms with E-state index >= 15 is 0 Å². The Labute approximate surface area is 208 Å². The number of fused-ring (bicyclic) bond motifs is 4. The van der Waals surface area contributed by atoms with Crippen LogP contribution < -0.4 is 0 Å². The zero-order valence-electron chi connectivity index (χ0n) is 21.9. The quantitative estimate of drug-likeness (QED) is 0.526. The number of carboxylic acid groups (broad SMARTS) is 1. The molecule has 6 nitrogen and oxygen atoms in total. The van der Waals surface area contributed by atoms with Gasteiger partial charge in [-0.3, -0.25) is 14.4 Å². The fraction of sp³-hybridized carbons (Fsp3) is 0.759. The zero-order chi connectivity index (χ0) is 25.6. The van der Waals surface area contributed by atoms with Crippen molar-refractivity contribution < 1.29 is 29.0 Å². The number of Topliss-reactive ketones (excluding diaryl/α,β-unsaturated/α-hetero) is 2. The molecule has 0 aromatic carbocycles. The zero-order valence-corrected chi connectivity index (χ0v) is 21.9. The van der Waals surface area contributed by atoms with Gasteiger partial charge in [0.2, 0.25) is 0 Å². The molecule has 7 atom stereocenters. The summed E-state index contributed by atoms with van der Waals surface area (Å²) in [5, 5.41) is 9.50. The van der Waals surface area contributed by atoms with Crippen LogP contribution in [0.25, 0.3) is 0 Å².